The summed E-state index contributed by atoms with van der Waals surface area (Å²) in [5.41, 5.74) is 6.35. The quantitative estimate of drug-likeness (QED) is 0.721. The third-order valence-corrected chi connectivity index (χ3v) is 5.33. The van der Waals surface area contributed by atoms with E-state index in [0.29, 0.717) is 6.42 Å². The lowest BCUT2D eigenvalue weighted by Gasteiger charge is -2.34. The Morgan fingerprint density at radius 3 is 2.76 bits per heavy atom. The number of aromatic nitrogens is 2. The zero-order chi connectivity index (χ0) is 17.0. The highest BCUT2D eigenvalue weighted by Crippen LogP contribution is 2.43. The Hall–Kier alpha value is -2.88. The van der Waals surface area contributed by atoms with Gasteiger partial charge in [-0.05, 0) is 43.0 Å². The summed E-state index contributed by atoms with van der Waals surface area (Å²) in [7, 11) is 0. The maximum Gasteiger partial charge on any atom is 0.209 e. The Kier molecular flexibility index (Phi) is 3.07. The molecule has 1 aliphatic carbocycles. The van der Waals surface area contributed by atoms with E-state index in [2.05, 4.69) is 41.1 Å². The van der Waals surface area contributed by atoms with Crippen molar-refractivity contribution in [2.75, 3.05) is 5.32 Å². The van der Waals surface area contributed by atoms with E-state index in [-0.39, 0.29) is 11.8 Å². The van der Waals surface area contributed by atoms with Crippen LogP contribution in [0.5, 0.6) is 0 Å². The molecular weight excluding hydrogens is 310 g/mol. The van der Waals surface area contributed by atoms with Gasteiger partial charge in [-0.25, -0.2) is 4.98 Å². The number of Topliss-reactive ketones (excluding diaryl/α,β-unsaturated/α-hetero) is 1. The van der Waals surface area contributed by atoms with E-state index in [1.807, 2.05) is 24.3 Å². The molecule has 0 bridgehead atoms. The number of nitrogens with one attached hydrogen (secondary N) is 1. The van der Waals surface area contributed by atoms with E-state index >= 15 is 0 Å². The molecule has 3 aromatic rings. The number of benzene rings is 2. The zero-order valence-electron chi connectivity index (χ0n) is 14.1. The van der Waals surface area contributed by atoms with Crippen molar-refractivity contribution in [3.05, 3.63) is 70.9 Å². The average molecular weight is 329 g/mol. The molecule has 2 aromatic carbocycles. The minimum atomic E-state index is -0.104. The van der Waals surface area contributed by atoms with Crippen LogP contribution in [0.15, 0.2) is 59.8 Å². The van der Waals surface area contributed by atoms with Gasteiger partial charge in [-0.2, -0.15) is 0 Å². The minimum absolute atomic E-state index is 0.104. The molecule has 1 atom stereocenters. The topological polar surface area (TPSA) is 46.9 Å². The summed E-state index contributed by atoms with van der Waals surface area (Å²) >= 11 is 0. The Labute approximate surface area is 146 Å². The molecule has 124 valence electrons. The van der Waals surface area contributed by atoms with E-state index in [4.69, 9.17) is 4.98 Å². The van der Waals surface area contributed by atoms with E-state index in [0.717, 1.165) is 41.1 Å². The normalized spacial score (nSPS) is 19.6. The van der Waals surface area contributed by atoms with E-state index < -0.39 is 0 Å². The van der Waals surface area contributed by atoms with Gasteiger partial charge in [0.1, 0.15) is 0 Å². The maximum absolute atomic E-state index is 12.9. The molecule has 0 saturated heterocycles. The number of fused-ring (bicyclic) bond motifs is 3. The van der Waals surface area contributed by atoms with E-state index in [1.165, 1.54) is 11.1 Å². The fourth-order valence-electron chi connectivity index (χ4n) is 4.16. The number of anilines is 1. The number of hydrogen-bond donors (Lipinski definition) is 1. The van der Waals surface area contributed by atoms with Crippen LogP contribution in [-0.2, 0) is 4.79 Å². The summed E-state index contributed by atoms with van der Waals surface area (Å²) in [6.45, 7) is 2.11. The number of ketones is 1. The number of carbonyl (C=O) groups is 1. The number of hydrogen-bond acceptors (Lipinski definition) is 3. The first-order valence-electron chi connectivity index (χ1n) is 8.80. The van der Waals surface area contributed by atoms with Gasteiger partial charge in [-0.1, -0.05) is 36.4 Å². The second-order valence-electron chi connectivity index (χ2n) is 6.85. The van der Waals surface area contributed by atoms with Gasteiger partial charge in [0, 0.05) is 17.7 Å². The van der Waals surface area contributed by atoms with E-state index in [1.54, 1.807) is 0 Å². The zero-order valence-corrected chi connectivity index (χ0v) is 14.1. The highest BCUT2D eigenvalue weighted by atomic mass is 16.1. The van der Waals surface area contributed by atoms with Gasteiger partial charge in [0.25, 0.3) is 0 Å². The van der Waals surface area contributed by atoms with Crippen molar-refractivity contribution in [3.8, 4) is 0 Å². The van der Waals surface area contributed by atoms with Crippen LogP contribution in [0.25, 0.3) is 11.0 Å². The first kappa shape index (κ1) is 14.5. The highest BCUT2D eigenvalue weighted by Gasteiger charge is 2.36. The van der Waals surface area contributed by atoms with Crippen LogP contribution in [0.1, 0.15) is 36.4 Å². The Balaban J connectivity index is 1.85. The third-order valence-electron chi connectivity index (χ3n) is 5.33. The Bertz CT molecular complexity index is 1040. The number of carbonyl (C=O) groups excluding carboxylic acids is 1. The summed E-state index contributed by atoms with van der Waals surface area (Å²) in [5, 5.41) is 3.45. The molecule has 1 aliphatic heterocycles. The molecule has 0 spiro atoms. The van der Waals surface area contributed by atoms with Crippen molar-refractivity contribution in [3.63, 3.8) is 0 Å². The fraction of sp³-hybridized carbons (Fsp3) is 0.238. The van der Waals surface area contributed by atoms with Gasteiger partial charge < -0.3 is 5.32 Å². The smallest absolute Gasteiger partial charge is 0.209 e. The standard InChI is InChI=1S/C21H19N3O/c1-13-7-2-3-8-14(13)20-19-16(10-6-12-18(19)25)23-21-22-15-9-4-5-11-17(15)24(20)21/h2-5,7-9,11,20H,6,10,12H2,1H3,(H,22,23)/t20-/m0/s1. The van der Waals surface area contributed by atoms with Crippen molar-refractivity contribution >= 4 is 22.8 Å². The van der Waals surface area contributed by atoms with Crippen molar-refractivity contribution in [2.24, 2.45) is 0 Å². The number of aryl methyl sites for hydroxylation is 1. The monoisotopic (exact) mass is 329 g/mol. The molecule has 4 nitrogen and oxygen atoms in total. The van der Waals surface area contributed by atoms with Crippen LogP contribution < -0.4 is 5.32 Å². The van der Waals surface area contributed by atoms with Gasteiger partial charge in [0.15, 0.2) is 5.78 Å². The predicted octanol–water partition coefficient (Wildman–Crippen LogP) is 4.37. The van der Waals surface area contributed by atoms with Crippen molar-refractivity contribution in [1.29, 1.82) is 0 Å². The Morgan fingerprint density at radius 2 is 1.88 bits per heavy atom. The maximum atomic E-state index is 12.9. The summed E-state index contributed by atoms with van der Waals surface area (Å²) in [6, 6.07) is 16.4. The Morgan fingerprint density at radius 1 is 1.08 bits per heavy atom. The lowest BCUT2D eigenvalue weighted by Crippen LogP contribution is -2.31. The van der Waals surface area contributed by atoms with Gasteiger partial charge in [-0.15, -0.1) is 0 Å². The molecule has 2 aliphatic rings. The largest absolute Gasteiger partial charge is 0.329 e. The van der Waals surface area contributed by atoms with Crippen LogP contribution in [0.3, 0.4) is 0 Å². The summed E-state index contributed by atoms with van der Waals surface area (Å²) in [6.07, 6.45) is 2.45. The number of para-hydroxylation sites is 2. The molecule has 0 saturated carbocycles. The molecule has 0 amide bonds. The lowest BCUT2D eigenvalue weighted by molar-refractivity contribution is -0.116. The average Bonchev–Trinajstić information content (AvgIpc) is 2.99. The molecule has 25 heavy (non-hydrogen) atoms. The van der Waals surface area contributed by atoms with Gasteiger partial charge in [0.2, 0.25) is 5.95 Å². The molecule has 4 heteroatoms. The number of imidazole rings is 1. The first-order chi connectivity index (χ1) is 12.2. The second kappa shape index (κ2) is 5.31. The van der Waals surface area contributed by atoms with Gasteiger partial charge in [-0.3, -0.25) is 9.36 Å². The minimum Gasteiger partial charge on any atom is -0.329 e. The van der Waals surface area contributed by atoms with Crippen LogP contribution in [0, 0.1) is 6.92 Å². The van der Waals surface area contributed by atoms with Crippen LogP contribution >= 0.6 is 0 Å². The molecule has 1 aromatic heterocycles. The van der Waals surface area contributed by atoms with Gasteiger partial charge >= 0.3 is 0 Å². The summed E-state index contributed by atoms with van der Waals surface area (Å²) in [5.74, 6) is 1.09. The summed E-state index contributed by atoms with van der Waals surface area (Å²) in [4.78, 5) is 17.6. The van der Waals surface area contributed by atoms with Crippen LogP contribution in [0.2, 0.25) is 0 Å². The van der Waals surface area contributed by atoms with Crippen LogP contribution in [0.4, 0.5) is 5.95 Å². The van der Waals surface area contributed by atoms with Crippen molar-refractivity contribution in [1.82, 2.24) is 9.55 Å². The number of rotatable bonds is 1. The second-order valence-corrected chi connectivity index (χ2v) is 6.85. The van der Waals surface area contributed by atoms with Gasteiger partial charge in [0.05, 0.1) is 17.1 Å². The molecule has 2 heterocycles. The highest BCUT2D eigenvalue weighted by molar-refractivity contribution is 6.00. The third kappa shape index (κ3) is 2.07. The molecule has 5 rings (SSSR count). The van der Waals surface area contributed by atoms with E-state index in [9.17, 15) is 4.79 Å². The molecule has 1 N–H and O–H groups in total. The lowest BCUT2D eigenvalue weighted by atomic mass is 9.84. The molecule has 0 radical (unpaired) electrons. The summed E-state index contributed by atoms with van der Waals surface area (Å²) < 4.78 is 2.19. The first-order valence-corrected chi connectivity index (χ1v) is 8.80. The molecular formula is C21H19N3O. The number of nitrogens with zero attached hydrogens (tertiary/aromatic N) is 2. The fourth-order valence-corrected chi connectivity index (χ4v) is 4.16. The molecule has 0 unspecified atom stereocenters. The molecule has 0 fully saturated rings. The predicted molar refractivity (Wildman–Crippen MR) is 98.6 cm³/mol. The number of allylic oxidation sites excluding steroid dienone is 2. The van der Waals surface area contributed by atoms with Crippen molar-refractivity contribution in [2.45, 2.75) is 32.2 Å². The van der Waals surface area contributed by atoms with Crippen molar-refractivity contribution < 1.29 is 4.79 Å². The van der Waals surface area contributed by atoms with Crippen LogP contribution in [-0.4, -0.2) is 15.3 Å². The SMILES string of the molecule is Cc1ccccc1[C@H]1C2=C(CCCC2=O)Nc2nc3ccccc3n21.